The number of carbonyl (C=O) groups is 2. The number of hydrogen-bond acceptors (Lipinski definition) is 10. The normalized spacial score (nSPS) is 20.8. The number of esters is 1. The van der Waals surface area contributed by atoms with Crippen molar-refractivity contribution >= 4 is 42.6 Å². The Morgan fingerprint density at radius 2 is 1.38 bits per heavy atom. The predicted octanol–water partition coefficient (Wildman–Crippen LogP) is 9.83. The first-order valence-corrected chi connectivity index (χ1v) is 23.8. The van der Waals surface area contributed by atoms with Crippen LogP contribution >= 0.6 is 11.8 Å². The van der Waals surface area contributed by atoms with Crippen LogP contribution in [0.4, 0.5) is 4.79 Å². The van der Waals surface area contributed by atoms with Gasteiger partial charge in [0.1, 0.15) is 30.0 Å². The highest BCUT2D eigenvalue weighted by atomic mass is 32.2. The van der Waals surface area contributed by atoms with Crippen LogP contribution < -0.4 is 10.4 Å². The molecule has 0 saturated carbocycles. The fourth-order valence-corrected chi connectivity index (χ4v) is 12.9. The van der Waals surface area contributed by atoms with Crippen molar-refractivity contribution in [2.24, 2.45) is 5.92 Å². The van der Waals surface area contributed by atoms with E-state index in [1.165, 1.54) is 19.3 Å². The van der Waals surface area contributed by atoms with Gasteiger partial charge < -0.3 is 32.8 Å². The lowest BCUT2D eigenvalue weighted by Gasteiger charge is -2.47. The molecule has 0 radical (unpaired) electrons. The third-order valence-corrected chi connectivity index (χ3v) is 16.2. The van der Waals surface area contributed by atoms with Crippen molar-refractivity contribution in [2.45, 2.75) is 148 Å². The summed E-state index contributed by atoms with van der Waals surface area (Å²) in [6.07, 6.45) is 1.80. The minimum atomic E-state index is -3.09. The zero-order valence-electron chi connectivity index (χ0n) is 37.0. The average Bonchev–Trinajstić information content (AvgIpc) is 3.20. The third kappa shape index (κ3) is 13.9. The number of thioether (sulfide) groups is 1. The Bertz CT molecular complexity index is 1620. The molecule has 1 fully saturated rings. The molecule has 0 aromatic heterocycles. The van der Waals surface area contributed by atoms with Gasteiger partial charge in [0, 0.05) is 1.37 Å². The van der Waals surface area contributed by atoms with Crippen LogP contribution in [0.2, 0.25) is 5.04 Å². The van der Waals surface area contributed by atoms with Crippen LogP contribution in [-0.4, -0.2) is 75.0 Å². The van der Waals surface area contributed by atoms with E-state index in [0.717, 1.165) is 41.0 Å². The first kappa shape index (κ1) is 45.9. The molecule has 58 heavy (non-hydrogen) atoms. The largest absolute Gasteiger partial charge is 0.509 e. The molecule has 1 aliphatic rings. The second-order valence-corrected chi connectivity index (χ2v) is 22.6. The van der Waals surface area contributed by atoms with Crippen molar-refractivity contribution < 1.29 is 43.8 Å². The Balaban J connectivity index is 1.78. The SMILES string of the molecule is [2H]CC(C)C(=O)O[C@H]1[C@H](OCOCc2ccccc2)[C@@H](OC(=O)OC(C)(C)C)C(SCCCCCCCC)O[C@@H]1CO[Si](c1ccccc1)(c1ccccc1)C(C)(C)C. The summed E-state index contributed by atoms with van der Waals surface area (Å²) in [6.45, 7) is 15.7. The van der Waals surface area contributed by atoms with E-state index in [1.807, 2.05) is 66.7 Å². The van der Waals surface area contributed by atoms with E-state index < -0.39 is 61.8 Å². The van der Waals surface area contributed by atoms with Crippen molar-refractivity contribution in [3.8, 4) is 0 Å². The Morgan fingerprint density at radius 1 is 0.793 bits per heavy atom. The van der Waals surface area contributed by atoms with Crippen LogP contribution in [0.25, 0.3) is 0 Å². The van der Waals surface area contributed by atoms with Crippen LogP contribution in [-0.2, 0) is 44.2 Å². The Morgan fingerprint density at radius 3 is 1.95 bits per heavy atom. The number of unbranched alkanes of at least 4 members (excludes halogenated alkanes) is 5. The summed E-state index contributed by atoms with van der Waals surface area (Å²) in [7, 11) is -3.09. The lowest BCUT2D eigenvalue weighted by molar-refractivity contribution is -0.252. The lowest BCUT2D eigenvalue weighted by atomic mass is 9.99. The molecule has 0 spiro atoms. The van der Waals surface area contributed by atoms with Gasteiger partial charge in [-0.2, -0.15) is 0 Å². The van der Waals surface area contributed by atoms with Gasteiger partial charge in [0.2, 0.25) is 0 Å². The van der Waals surface area contributed by atoms with Gasteiger partial charge in [-0.15, -0.1) is 11.8 Å². The lowest BCUT2D eigenvalue weighted by Crippen LogP contribution is -2.68. The molecule has 11 heteroatoms. The molecule has 6 atom stereocenters. The number of rotatable bonds is 21. The molecular formula is C47H68O9SSi. The summed E-state index contributed by atoms with van der Waals surface area (Å²) in [4.78, 5) is 27.2. The maximum absolute atomic E-state index is 13.7. The second-order valence-electron chi connectivity index (χ2n) is 17.1. The van der Waals surface area contributed by atoms with Gasteiger partial charge in [0.15, 0.2) is 12.2 Å². The first-order valence-electron chi connectivity index (χ1n) is 21.6. The summed E-state index contributed by atoms with van der Waals surface area (Å²) >= 11 is 1.55. The summed E-state index contributed by atoms with van der Waals surface area (Å²) < 4.78 is 53.1. The van der Waals surface area contributed by atoms with E-state index in [2.05, 4.69) is 52.0 Å². The highest BCUT2D eigenvalue weighted by Crippen LogP contribution is 2.39. The molecule has 9 nitrogen and oxygen atoms in total. The monoisotopic (exact) mass is 837 g/mol. The summed E-state index contributed by atoms with van der Waals surface area (Å²) in [5.74, 6) is -0.574. The number of carbonyl (C=O) groups excluding carboxylic acids is 2. The van der Waals surface area contributed by atoms with Crippen molar-refractivity contribution in [3.63, 3.8) is 0 Å². The minimum absolute atomic E-state index is 0.0401. The minimum Gasteiger partial charge on any atom is -0.456 e. The average molecular weight is 838 g/mol. The van der Waals surface area contributed by atoms with E-state index in [-0.39, 0.29) is 31.9 Å². The highest BCUT2D eigenvalue weighted by molar-refractivity contribution is 7.99. The van der Waals surface area contributed by atoms with Gasteiger partial charge >= 0.3 is 12.1 Å². The molecule has 0 amide bonds. The quantitative estimate of drug-likeness (QED) is 0.0447. The molecule has 2 unspecified atom stereocenters. The molecule has 320 valence electrons. The van der Waals surface area contributed by atoms with Crippen LogP contribution in [0, 0.1) is 5.92 Å². The van der Waals surface area contributed by atoms with E-state index in [1.54, 1.807) is 39.5 Å². The van der Waals surface area contributed by atoms with Gasteiger partial charge in [-0.1, -0.05) is 165 Å². The van der Waals surface area contributed by atoms with E-state index in [9.17, 15) is 9.59 Å². The molecule has 1 saturated heterocycles. The molecule has 1 aliphatic heterocycles. The fraction of sp³-hybridized carbons (Fsp3) is 0.574. The number of hydrogen-bond donors (Lipinski definition) is 0. The third-order valence-electron chi connectivity index (χ3n) is 9.98. The van der Waals surface area contributed by atoms with Crippen LogP contribution in [0.3, 0.4) is 0 Å². The topological polar surface area (TPSA) is 98.8 Å². The van der Waals surface area contributed by atoms with Gasteiger partial charge in [-0.3, -0.25) is 4.79 Å². The molecule has 3 aromatic rings. The smallest absolute Gasteiger partial charge is 0.456 e. The maximum atomic E-state index is 13.7. The summed E-state index contributed by atoms with van der Waals surface area (Å²) in [5.41, 5.74) is -0.598. The van der Waals surface area contributed by atoms with Crippen LogP contribution in [0.15, 0.2) is 91.0 Å². The fourth-order valence-electron chi connectivity index (χ4n) is 7.15. The second kappa shape index (κ2) is 23.0. The molecular weight excluding hydrogens is 769 g/mol. The van der Waals surface area contributed by atoms with E-state index >= 15 is 0 Å². The highest BCUT2D eigenvalue weighted by Gasteiger charge is 2.55. The van der Waals surface area contributed by atoms with Crippen LogP contribution in [0.1, 0.15) is 108 Å². The zero-order chi connectivity index (χ0) is 42.9. The predicted molar refractivity (Wildman–Crippen MR) is 235 cm³/mol. The zero-order valence-corrected chi connectivity index (χ0v) is 37.8. The van der Waals surface area contributed by atoms with Crippen molar-refractivity contribution in [3.05, 3.63) is 96.6 Å². The Hall–Kier alpha value is -3.19. The molecule has 0 bridgehead atoms. The summed E-state index contributed by atoms with van der Waals surface area (Å²) in [6, 6.07) is 30.4. The van der Waals surface area contributed by atoms with Crippen molar-refractivity contribution in [1.82, 2.24) is 0 Å². The molecule has 0 N–H and O–H groups in total. The number of ether oxygens (including phenoxy) is 6. The van der Waals surface area contributed by atoms with E-state index in [0.29, 0.717) is 0 Å². The Kier molecular flexibility index (Phi) is 18.2. The molecule has 0 aliphatic carbocycles. The molecule has 4 rings (SSSR count). The summed E-state index contributed by atoms with van der Waals surface area (Å²) in [5, 5.41) is 1.84. The van der Waals surface area contributed by atoms with Crippen LogP contribution in [0.5, 0.6) is 0 Å². The van der Waals surface area contributed by atoms with Crippen molar-refractivity contribution in [1.29, 1.82) is 0 Å². The van der Waals surface area contributed by atoms with E-state index in [4.69, 9.17) is 34.2 Å². The van der Waals surface area contributed by atoms with Gasteiger partial charge in [0.05, 0.1) is 19.1 Å². The van der Waals surface area contributed by atoms with Gasteiger partial charge in [-0.25, -0.2) is 4.79 Å². The number of benzene rings is 3. The van der Waals surface area contributed by atoms with Gasteiger partial charge in [0.25, 0.3) is 8.32 Å². The Labute approximate surface area is 354 Å². The van der Waals surface area contributed by atoms with Gasteiger partial charge in [-0.05, 0) is 53.9 Å². The van der Waals surface area contributed by atoms with Crippen molar-refractivity contribution in [2.75, 3.05) is 19.2 Å². The standard InChI is InChI=1S/C47H68O9SSi/c1-10-11-12-13-14-24-31-57-44-42(55-45(49)56-46(4,5)6)41(51-34-50-32-36-25-18-15-19-26-36)40(54-43(48)35(2)3)39(53-44)33-52-58(47(7,8)9,37-27-20-16-21-28-37)38-29-22-17-23-30-38/h15-23,25-30,35,39-42,44H,10-14,24,31-34H2,1-9H3/t39-,40-,41+,42-,44?/m1/s1/i2D/t35?,39-,40-,41+,42-,44?. The molecule has 1 heterocycles. The first-order chi connectivity index (χ1) is 28.2. The maximum Gasteiger partial charge on any atom is 0.509 e. The molecule has 3 aromatic carbocycles.